The van der Waals surface area contributed by atoms with Crippen LogP contribution < -0.4 is 15.4 Å². The van der Waals surface area contributed by atoms with E-state index in [1.54, 1.807) is 30.3 Å². The normalized spacial score (nSPS) is 16.8. The molecule has 1 aromatic carbocycles. The van der Waals surface area contributed by atoms with Crippen molar-refractivity contribution in [2.75, 3.05) is 13.1 Å². The minimum Gasteiger partial charge on any atom is -0.437 e. The van der Waals surface area contributed by atoms with Crippen LogP contribution in [0.2, 0.25) is 10.0 Å². The maximum Gasteiger partial charge on any atom is 0.252 e. The van der Waals surface area contributed by atoms with Crippen LogP contribution in [-0.2, 0) is 0 Å². The lowest BCUT2D eigenvalue weighted by molar-refractivity contribution is 0.0950. The molecule has 1 aliphatic rings. The summed E-state index contributed by atoms with van der Waals surface area (Å²) in [6.07, 6.45) is 3.72. The number of nitrogens with one attached hydrogen (secondary N) is 2. The minimum atomic E-state index is -0.150. The quantitative estimate of drug-likeness (QED) is 0.848. The zero-order valence-corrected chi connectivity index (χ0v) is 14.4. The first kappa shape index (κ1) is 17.0. The van der Waals surface area contributed by atoms with Crippen LogP contribution in [0.3, 0.4) is 0 Å². The second-order valence-corrected chi connectivity index (χ2v) is 6.33. The lowest BCUT2D eigenvalue weighted by atomic mass is 10.2. The molecule has 1 fully saturated rings. The second-order valence-electron chi connectivity index (χ2n) is 5.54. The highest BCUT2D eigenvalue weighted by atomic mass is 35.5. The van der Waals surface area contributed by atoms with Gasteiger partial charge in [0.25, 0.3) is 5.91 Å². The molecule has 1 unspecified atom stereocenters. The summed E-state index contributed by atoms with van der Waals surface area (Å²) in [5.74, 6) is 0.609. The number of carbonyl (C=O) groups excluding carboxylic acids is 1. The molecule has 0 saturated carbocycles. The number of nitrogens with zero attached hydrogens (tertiary/aromatic N) is 1. The maximum atomic E-state index is 12.1. The lowest BCUT2D eigenvalue weighted by Crippen LogP contribution is -2.37. The summed E-state index contributed by atoms with van der Waals surface area (Å²) >= 11 is 12.0. The third kappa shape index (κ3) is 4.17. The molecule has 0 radical (unpaired) electrons. The van der Waals surface area contributed by atoms with Crippen LogP contribution in [0.4, 0.5) is 0 Å². The van der Waals surface area contributed by atoms with Crippen LogP contribution in [0.15, 0.2) is 36.5 Å². The molecule has 2 N–H and O–H groups in total. The molecule has 1 amide bonds. The van der Waals surface area contributed by atoms with Crippen molar-refractivity contribution in [1.82, 2.24) is 15.6 Å². The Bertz CT molecular complexity index is 716. The van der Waals surface area contributed by atoms with E-state index in [1.165, 1.54) is 6.20 Å². The average molecular weight is 366 g/mol. The van der Waals surface area contributed by atoms with Crippen molar-refractivity contribution in [3.05, 3.63) is 52.1 Å². The average Bonchev–Trinajstić information content (AvgIpc) is 3.11. The summed E-state index contributed by atoms with van der Waals surface area (Å²) < 4.78 is 5.60. The third-order valence-corrected chi connectivity index (χ3v) is 4.60. The Morgan fingerprint density at radius 3 is 2.92 bits per heavy atom. The number of ether oxygens (including phenoxy) is 1. The van der Waals surface area contributed by atoms with Crippen LogP contribution in [-0.4, -0.2) is 30.0 Å². The molecule has 1 aromatic heterocycles. The van der Waals surface area contributed by atoms with Gasteiger partial charge in [-0.25, -0.2) is 4.98 Å². The fourth-order valence-electron chi connectivity index (χ4n) is 2.50. The van der Waals surface area contributed by atoms with Gasteiger partial charge in [-0.05, 0) is 37.6 Å². The van der Waals surface area contributed by atoms with E-state index >= 15 is 0 Å². The Morgan fingerprint density at radius 1 is 1.33 bits per heavy atom. The molecule has 7 heteroatoms. The molecule has 1 atom stereocenters. The molecular formula is C17H17Cl2N3O2. The van der Waals surface area contributed by atoms with Gasteiger partial charge in [-0.2, -0.15) is 0 Å². The summed E-state index contributed by atoms with van der Waals surface area (Å²) in [4.78, 5) is 16.3. The number of hydrogen-bond donors (Lipinski definition) is 2. The van der Waals surface area contributed by atoms with Crippen molar-refractivity contribution in [3.8, 4) is 11.6 Å². The Balaban J connectivity index is 1.60. The lowest BCUT2D eigenvalue weighted by Gasteiger charge is -2.11. The number of hydrogen-bond acceptors (Lipinski definition) is 4. The van der Waals surface area contributed by atoms with Crippen molar-refractivity contribution >= 4 is 29.1 Å². The highest BCUT2D eigenvalue weighted by Gasteiger charge is 2.15. The summed E-state index contributed by atoms with van der Waals surface area (Å²) in [6.45, 7) is 1.63. The molecule has 0 aliphatic carbocycles. The fraction of sp³-hybridized carbons (Fsp3) is 0.294. The summed E-state index contributed by atoms with van der Waals surface area (Å²) in [7, 11) is 0. The molecule has 3 rings (SSSR count). The zero-order valence-electron chi connectivity index (χ0n) is 12.9. The van der Waals surface area contributed by atoms with Gasteiger partial charge in [0.1, 0.15) is 10.8 Å². The van der Waals surface area contributed by atoms with Crippen molar-refractivity contribution < 1.29 is 9.53 Å². The van der Waals surface area contributed by atoms with Crippen molar-refractivity contribution in [2.45, 2.75) is 18.9 Å². The maximum absolute atomic E-state index is 12.1. The molecule has 2 aromatic rings. The van der Waals surface area contributed by atoms with E-state index in [4.69, 9.17) is 27.9 Å². The summed E-state index contributed by atoms with van der Waals surface area (Å²) in [5, 5.41) is 6.98. The smallest absolute Gasteiger partial charge is 0.252 e. The SMILES string of the molecule is O=C(NCC1CCCN1)c1ccc(Oc2cccc(Cl)c2Cl)nc1. The Morgan fingerprint density at radius 2 is 2.21 bits per heavy atom. The summed E-state index contributed by atoms with van der Waals surface area (Å²) in [5.41, 5.74) is 0.484. The largest absolute Gasteiger partial charge is 0.437 e. The number of benzene rings is 1. The van der Waals surface area contributed by atoms with Gasteiger partial charge in [0.05, 0.1) is 10.6 Å². The molecule has 0 spiro atoms. The Labute approximate surface area is 150 Å². The van der Waals surface area contributed by atoms with Crippen LogP contribution in [0.25, 0.3) is 0 Å². The highest BCUT2D eigenvalue weighted by Crippen LogP contribution is 2.33. The van der Waals surface area contributed by atoms with Crippen LogP contribution in [0.5, 0.6) is 11.6 Å². The first-order valence-electron chi connectivity index (χ1n) is 7.73. The Hall–Kier alpha value is -1.82. The third-order valence-electron chi connectivity index (χ3n) is 3.80. The van der Waals surface area contributed by atoms with Gasteiger partial charge in [0.15, 0.2) is 0 Å². The van der Waals surface area contributed by atoms with E-state index in [2.05, 4.69) is 15.6 Å². The van der Waals surface area contributed by atoms with Crippen molar-refractivity contribution in [3.63, 3.8) is 0 Å². The number of halogens is 2. The van der Waals surface area contributed by atoms with E-state index < -0.39 is 0 Å². The van der Waals surface area contributed by atoms with E-state index in [1.807, 2.05) is 0 Å². The van der Waals surface area contributed by atoms with E-state index in [0.29, 0.717) is 39.8 Å². The topological polar surface area (TPSA) is 63.2 Å². The molecule has 0 bridgehead atoms. The summed E-state index contributed by atoms with van der Waals surface area (Å²) in [6, 6.07) is 8.76. The number of rotatable bonds is 5. The van der Waals surface area contributed by atoms with Gasteiger partial charge in [-0.1, -0.05) is 29.3 Å². The molecule has 2 heterocycles. The zero-order chi connectivity index (χ0) is 16.9. The number of pyridine rings is 1. The van der Waals surface area contributed by atoms with Gasteiger partial charge < -0.3 is 15.4 Å². The van der Waals surface area contributed by atoms with Gasteiger partial charge >= 0.3 is 0 Å². The van der Waals surface area contributed by atoms with Crippen LogP contribution in [0.1, 0.15) is 23.2 Å². The number of amides is 1. The first-order valence-corrected chi connectivity index (χ1v) is 8.48. The molecular weight excluding hydrogens is 349 g/mol. The standard InChI is InChI=1S/C17H17Cl2N3O2/c18-13-4-1-5-14(16(13)19)24-15-7-6-11(9-21-15)17(23)22-10-12-3-2-8-20-12/h1,4-7,9,12,20H,2-3,8,10H2,(H,22,23). The van der Waals surface area contributed by atoms with Gasteiger partial charge in [-0.15, -0.1) is 0 Å². The fourth-order valence-corrected chi connectivity index (χ4v) is 2.83. The van der Waals surface area contributed by atoms with Crippen LogP contribution >= 0.6 is 23.2 Å². The van der Waals surface area contributed by atoms with Crippen LogP contribution in [0, 0.1) is 0 Å². The molecule has 126 valence electrons. The second kappa shape index (κ2) is 7.83. The van der Waals surface area contributed by atoms with E-state index in [-0.39, 0.29) is 5.91 Å². The van der Waals surface area contributed by atoms with Gasteiger partial charge in [0.2, 0.25) is 5.88 Å². The first-order chi connectivity index (χ1) is 11.6. The molecule has 24 heavy (non-hydrogen) atoms. The molecule has 1 saturated heterocycles. The van der Waals surface area contributed by atoms with Crippen molar-refractivity contribution in [2.24, 2.45) is 0 Å². The highest BCUT2D eigenvalue weighted by molar-refractivity contribution is 6.42. The number of aromatic nitrogens is 1. The minimum absolute atomic E-state index is 0.150. The van der Waals surface area contributed by atoms with E-state index in [9.17, 15) is 4.79 Å². The predicted molar refractivity (Wildman–Crippen MR) is 94.1 cm³/mol. The predicted octanol–water partition coefficient (Wildman–Crippen LogP) is 3.66. The molecule has 1 aliphatic heterocycles. The van der Waals surface area contributed by atoms with Crippen molar-refractivity contribution in [1.29, 1.82) is 0 Å². The van der Waals surface area contributed by atoms with Gasteiger partial charge in [-0.3, -0.25) is 4.79 Å². The Kier molecular flexibility index (Phi) is 5.56. The van der Waals surface area contributed by atoms with Gasteiger partial charge in [0, 0.05) is 24.8 Å². The van der Waals surface area contributed by atoms with E-state index in [0.717, 1.165) is 19.4 Å². The number of carbonyl (C=O) groups is 1. The monoisotopic (exact) mass is 365 g/mol. The molecule has 5 nitrogen and oxygen atoms in total.